The van der Waals surface area contributed by atoms with Crippen molar-refractivity contribution in [3.8, 4) is 0 Å². The van der Waals surface area contributed by atoms with Gasteiger partial charge in [-0.1, -0.05) is 6.92 Å². The lowest BCUT2D eigenvalue weighted by Crippen LogP contribution is -2.12. The van der Waals surface area contributed by atoms with Crippen molar-refractivity contribution in [2.24, 2.45) is 5.73 Å². The molecule has 5 nitrogen and oxygen atoms in total. The quantitative estimate of drug-likeness (QED) is 0.728. The highest BCUT2D eigenvalue weighted by Crippen LogP contribution is 2.22. The molecule has 0 aliphatic heterocycles. The summed E-state index contributed by atoms with van der Waals surface area (Å²) >= 11 is 1.66. The molecular formula is C13H16N4OS. The minimum Gasteiger partial charge on any atom is -0.397 e. The van der Waals surface area contributed by atoms with Gasteiger partial charge in [0.2, 0.25) is 5.91 Å². The molecule has 0 bridgehead atoms. The van der Waals surface area contributed by atoms with Gasteiger partial charge in [0.25, 0.3) is 0 Å². The number of benzene rings is 1. The second-order valence-electron chi connectivity index (χ2n) is 4.09. The number of amides is 1. The van der Waals surface area contributed by atoms with E-state index in [9.17, 15) is 4.79 Å². The summed E-state index contributed by atoms with van der Waals surface area (Å²) in [6.07, 6.45) is 2.86. The predicted molar refractivity (Wildman–Crippen MR) is 78.2 cm³/mol. The molecule has 0 aliphatic rings. The monoisotopic (exact) mass is 276 g/mol. The van der Waals surface area contributed by atoms with Crippen molar-refractivity contribution in [1.29, 1.82) is 0 Å². The average Bonchev–Trinajstić information content (AvgIpc) is 2.85. The van der Waals surface area contributed by atoms with Crippen LogP contribution in [0.2, 0.25) is 0 Å². The molecule has 1 heterocycles. The highest BCUT2D eigenvalue weighted by Gasteiger charge is 2.06. The van der Waals surface area contributed by atoms with Crippen molar-refractivity contribution in [2.45, 2.75) is 19.9 Å². The second-order valence-corrected chi connectivity index (χ2v) is 5.29. The zero-order chi connectivity index (χ0) is 13.8. The number of aromatic nitrogens is 1. The van der Waals surface area contributed by atoms with Crippen LogP contribution in [0.1, 0.15) is 27.2 Å². The number of nitrogens with zero attached hydrogens (tertiary/aromatic N) is 1. The molecule has 100 valence electrons. The minimum atomic E-state index is -0.467. The molecule has 0 fully saturated rings. The number of nitrogens with one attached hydrogen (secondary N) is 1. The summed E-state index contributed by atoms with van der Waals surface area (Å²) in [4.78, 5) is 16.7. The molecule has 0 saturated carbocycles. The molecule has 0 spiro atoms. The number of anilines is 2. The van der Waals surface area contributed by atoms with Gasteiger partial charge in [0.1, 0.15) is 5.01 Å². The first-order chi connectivity index (χ1) is 9.10. The van der Waals surface area contributed by atoms with Gasteiger partial charge in [0.15, 0.2) is 0 Å². The topological polar surface area (TPSA) is 94.0 Å². The zero-order valence-corrected chi connectivity index (χ0v) is 11.5. The van der Waals surface area contributed by atoms with Gasteiger partial charge in [0, 0.05) is 16.6 Å². The summed E-state index contributed by atoms with van der Waals surface area (Å²) in [5.41, 5.74) is 12.8. The van der Waals surface area contributed by atoms with E-state index in [0.29, 0.717) is 23.5 Å². The summed E-state index contributed by atoms with van der Waals surface area (Å²) in [6.45, 7) is 2.68. The summed E-state index contributed by atoms with van der Waals surface area (Å²) in [7, 11) is 0. The van der Waals surface area contributed by atoms with E-state index in [1.807, 2.05) is 6.20 Å². The Bertz CT molecular complexity index is 594. The normalized spacial score (nSPS) is 10.4. The van der Waals surface area contributed by atoms with Gasteiger partial charge in [-0.2, -0.15) is 0 Å². The SMILES string of the molecule is CCc1cnc(CNc2cc(C(N)=O)ccc2N)s1. The van der Waals surface area contributed by atoms with Crippen LogP contribution in [0.4, 0.5) is 11.4 Å². The van der Waals surface area contributed by atoms with Crippen LogP contribution in [0.25, 0.3) is 0 Å². The van der Waals surface area contributed by atoms with E-state index in [0.717, 1.165) is 11.4 Å². The minimum absolute atomic E-state index is 0.435. The first kappa shape index (κ1) is 13.4. The first-order valence-corrected chi connectivity index (χ1v) is 6.78. The van der Waals surface area contributed by atoms with E-state index in [1.54, 1.807) is 29.5 Å². The van der Waals surface area contributed by atoms with E-state index >= 15 is 0 Å². The van der Waals surface area contributed by atoms with E-state index < -0.39 is 5.91 Å². The number of nitrogen functional groups attached to an aromatic ring is 1. The van der Waals surface area contributed by atoms with Crippen LogP contribution in [0, 0.1) is 0 Å². The average molecular weight is 276 g/mol. The third-order valence-electron chi connectivity index (χ3n) is 2.72. The maximum atomic E-state index is 11.1. The lowest BCUT2D eigenvalue weighted by atomic mass is 10.1. The smallest absolute Gasteiger partial charge is 0.248 e. The van der Waals surface area contributed by atoms with Crippen molar-refractivity contribution in [2.75, 3.05) is 11.1 Å². The Hall–Kier alpha value is -2.08. The fraction of sp³-hybridized carbons (Fsp3) is 0.231. The predicted octanol–water partition coefficient (Wildman–Crippen LogP) is 2.00. The summed E-state index contributed by atoms with van der Waals surface area (Å²) in [5.74, 6) is -0.467. The number of rotatable bonds is 5. The van der Waals surface area contributed by atoms with Crippen LogP contribution in [-0.2, 0) is 13.0 Å². The highest BCUT2D eigenvalue weighted by atomic mass is 32.1. The Labute approximate surface area is 115 Å². The number of hydrogen-bond donors (Lipinski definition) is 3. The standard InChI is InChI=1S/C13H16N4OS/c1-2-9-6-17-12(19-9)7-16-11-5-8(13(15)18)3-4-10(11)14/h3-6,16H,2,7,14H2,1H3,(H2,15,18). The third-order valence-corrected chi connectivity index (χ3v) is 3.86. The van der Waals surface area contributed by atoms with Gasteiger partial charge < -0.3 is 16.8 Å². The highest BCUT2D eigenvalue weighted by molar-refractivity contribution is 7.11. The Morgan fingerprint density at radius 1 is 1.47 bits per heavy atom. The maximum Gasteiger partial charge on any atom is 0.248 e. The third kappa shape index (κ3) is 3.23. The number of primary amides is 1. The van der Waals surface area contributed by atoms with Gasteiger partial charge in [-0.3, -0.25) is 4.79 Å². The van der Waals surface area contributed by atoms with Crippen molar-refractivity contribution >= 4 is 28.6 Å². The number of carbonyl (C=O) groups excluding carboxylic acids is 1. The fourth-order valence-electron chi connectivity index (χ4n) is 1.63. The molecule has 5 N–H and O–H groups in total. The Morgan fingerprint density at radius 3 is 2.89 bits per heavy atom. The summed E-state index contributed by atoms with van der Waals surface area (Å²) in [5, 5.41) is 4.16. The number of aryl methyl sites for hydroxylation is 1. The molecule has 0 unspecified atom stereocenters. The molecule has 0 saturated heterocycles. The molecule has 1 aromatic carbocycles. The Kier molecular flexibility index (Phi) is 4.01. The Balaban J connectivity index is 2.10. The lowest BCUT2D eigenvalue weighted by molar-refractivity contribution is 0.100. The summed E-state index contributed by atoms with van der Waals surface area (Å²) < 4.78 is 0. The summed E-state index contributed by atoms with van der Waals surface area (Å²) in [6, 6.07) is 4.94. The number of hydrogen-bond acceptors (Lipinski definition) is 5. The van der Waals surface area contributed by atoms with E-state index in [1.165, 1.54) is 4.88 Å². The molecule has 0 aliphatic carbocycles. The zero-order valence-electron chi connectivity index (χ0n) is 10.6. The van der Waals surface area contributed by atoms with Crippen LogP contribution < -0.4 is 16.8 Å². The molecule has 0 atom stereocenters. The van der Waals surface area contributed by atoms with Gasteiger partial charge in [-0.25, -0.2) is 4.98 Å². The van der Waals surface area contributed by atoms with Crippen LogP contribution in [0.3, 0.4) is 0 Å². The van der Waals surface area contributed by atoms with Gasteiger partial charge in [-0.15, -0.1) is 11.3 Å². The fourth-order valence-corrected chi connectivity index (χ4v) is 2.43. The number of carbonyl (C=O) groups is 1. The van der Waals surface area contributed by atoms with Crippen molar-refractivity contribution < 1.29 is 4.79 Å². The molecule has 2 aromatic rings. The number of thiazole rings is 1. The second kappa shape index (κ2) is 5.71. The number of nitrogens with two attached hydrogens (primary N) is 2. The van der Waals surface area contributed by atoms with Gasteiger partial charge in [0.05, 0.1) is 17.9 Å². The maximum absolute atomic E-state index is 11.1. The van der Waals surface area contributed by atoms with E-state index in [2.05, 4.69) is 17.2 Å². The first-order valence-electron chi connectivity index (χ1n) is 5.97. The molecular weight excluding hydrogens is 260 g/mol. The lowest BCUT2D eigenvalue weighted by Gasteiger charge is -2.09. The van der Waals surface area contributed by atoms with Crippen LogP contribution in [0.15, 0.2) is 24.4 Å². The molecule has 0 radical (unpaired) electrons. The van der Waals surface area contributed by atoms with Gasteiger partial charge in [-0.05, 0) is 24.6 Å². The molecule has 6 heteroatoms. The Morgan fingerprint density at radius 2 is 2.26 bits per heavy atom. The van der Waals surface area contributed by atoms with Crippen molar-refractivity contribution in [3.63, 3.8) is 0 Å². The van der Waals surface area contributed by atoms with Gasteiger partial charge >= 0.3 is 0 Å². The molecule has 2 rings (SSSR count). The largest absolute Gasteiger partial charge is 0.397 e. The molecule has 19 heavy (non-hydrogen) atoms. The van der Waals surface area contributed by atoms with Crippen molar-refractivity contribution in [1.82, 2.24) is 4.98 Å². The van der Waals surface area contributed by atoms with Crippen molar-refractivity contribution in [3.05, 3.63) is 39.8 Å². The molecule has 1 aromatic heterocycles. The van der Waals surface area contributed by atoms with E-state index in [4.69, 9.17) is 11.5 Å². The van der Waals surface area contributed by atoms with E-state index in [-0.39, 0.29) is 0 Å². The van der Waals surface area contributed by atoms with Crippen LogP contribution in [-0.4, -0.2) is 10.9 Å². The van der Waals surface area contributed by atoms with Crippen LogP contribution in [0.5, 0.6) is 0 Å². The molecule has 1 amide bonds. The van der Waals surface area contributed by atoms with Crippen LogP contribution >= 0.6 is 11.3 Å².